The average Bonchev–Trinajstić information content (AvgIpc) is 2.95. The molecule has 1 saturated heterocycles. The van der Waals surface area contributed by atoms with Crippen LogP contribution in [0, 0.1) is 6.92 Å². The van der Waals surface area contributed by atoms with Gasteiger partial charge in [0.15, 0.2) is 0 Å². The van der Waals surface area contributed by atoms with Crippen LogP contribution >= 0.6 is 0 Å². The molecule has 2 heterocycles. The van der Waals surface area contributed by atoms with Crippen molar-refractivity contribution in [3.05, 3.63) is 53.3 Å². The number of hydrogen-bond acceptors (Lipinski definition) is 4. The first-order chi connectivity index (χ1) is 12.0. The van der Waals surface area contributed by atoms with Gasteiger partial charge in [-0.2, -0.15) is 5.10 Å². The van der Waals surface area contributed by atoms with Crippen LogP contribution in [-0.4, -0.2) is 65.3 Å². The summed E-state index contributed by atoms with van der Waals surface area (Å²) < 4.78 is 1.63. The van der Waals surface area contributed by atoms with Crippen molar-refractivity contribution < 1.29 is 4.79 Å². The molecule has 0 spiro atoms. The summed E-state index contributed by atoms with van der Waals surface area (Å²) in [6.07, 6.45) is 0. The standard InChI is InChI=1S/C19H27N5O/c1-15-13-17(23(3)21-15)19(25)20-9-10-24-12-11-22(2)14-18(24)16-7-5-4-6-8-16/h4-8,13,18H,9-12,14H2,1-3H3,(H,20,25)/t18-/m1/s1. The zero-order valence-corrected chi connectivity index (χ0v) is 15.3. The molecule has 0 aliphatic carbocycles. The Morgan fingerprint density at radius 1 is 1.24 bits per heavy atom. The number of aryl methyl sites for hydroxylation is 2. The van der Waals surface area contributed by atoms with E-state index in [2.05, 4.69) is 57.6 Å². The zero-order valence-electron chi connectivity index (χ0n) is 15.3. The molecule has 2 aromatic rings. The van der Waals surface area contributed by atoms with Crippen molar-refractivity contribution in [1.29, 1.82) is 0 Å². The normalized spacial score (nSPS) is 19.1. The van der Waals surface area contributed by atoms with Crippen molar-refractivity contribution in [2.45, 2.75) is 13.0 Å². The number of carbonyl (C=O) groups excluding carboxylic acids is 1. The maximum atomic E-state index is 12.3. The Morgan fingerprint density at radius 2 is 2.00 bits per heavy atom. The third-order valence-corrected chi connectivity index (χ3v) is 4.80. The molecular weight excluding hydrogens is 314 g/mol. The highest BCUT2D eigenvalue weighted by Crippen LogP contribution is 2.24. The van der Waals surface area contributed by atoms with Crippen LogP contribution in [0.3, 0.4) is 0 Å². The summed E-state index contributed by atoms with van der Waals surface area (Å²) in [6, 6.07) is 12.8. The first kappa shape index (κ1) is 17.6. The van der Waals surface area contributed by atoms with Crippen LogP contribution < -0.4 is 5.32 Å². The summed E-state index contributed by atoms with van der Waals surface area (Å²) in [5.41, 5.74) is 2.80. The quantitative estimate of drug-likeness (QED) is 0.894. The maximum absolute atomic E-state index is 12.3. The molecule has 6 nitrogen and oxygen atoms in total. The van der Waals surface area contributed by atoms with Gasteiger partial charge in [0, 0.05) is 45.8 Å². The lowest BCUT2D eigenvalue weighted by molar-refractivity contribution is 0.0838. The highest BCUT2D eigenvalue weighted by Gasteiger charge is 2.26. The number of rotatable bonds is 5. The number of nitrogens with one attached hydrogen (secondary N) is 1. The molecule has 1 N–H and O–H groups in total. The minimum absolute atomic E-state index is 0.0616. The molecule has 6 heteroatoms. The van der Waals surface area contributed by atoms with Gasteiger partial charge in [-0.25, -0.2) is 0 Å². The Bertz CT molecular complexity index is 712. The molecule has 0 unspecified atom stereocenters. The van der Waals surface area contributed by atoms with Crippen molar-refractivity contribution in [2.75, 3.05) is 39.8 Å². The van der Waals surface area contributed by atoms with Gasteiger partial charge in [0.25, 0.3) is 5.91 Å². The molecule has 25 heavy (non-hydrogen) atoms. The number of benzene rings is 1. The molecule has 1 aromatic heterocycles. The van der Waals surface area contributed by atoms with Crippen LogP contribution in [0.4, 0.5) is 0 Å². The van der Waals surface area contributed by atoms with E-state index in [0.717, 1.165) is 31.9 Å². The average molecular weight is 341 g/mol. The van der Waals surface area contributed by atoms with Crippen LogP contribution in [0.1, 0.15) is 27.8 Å². The van der Waals surface area contributed by atoms with Crippen molar-refractivity contribution in [3.8, 4) is 0 Å². The summed E-state index contributed by atoms with van der Waals surface area (Å²) in [7, 11) is 3.97. The summed E-state index contributed by atoms with van der Waals surface area (Å²) in [5.74, 6) is -0.0616. The van der Waals surface area contributed by atoms with Crippen molar-refractivity contribution in [3.63, 3.8) is 0 Å². The second-order valence-electron chi connectivity index (χ2n) is 6.78. The van der Waals surface area contributed by atoms with Gasteiger partial charge in [-0.3, -0.25) is 14.4 Å². The molecule has 1 amide bonds. The lowest BCUT2D eigenvalue weighted by Gasteiger charge is -2.40. The van der Waals surface area contributed by atoms with Crippen molar-refractivity contribution in [2.24, 2.45) is 7.05 Å². The largest absolute Gasteiger partial charge is 0.349 e. The van der Waals surface area contributed by atoms with Gasteiger partial charge >= 0.3 is 0 Å². The van der Waals surface area contributed by atoms with Crippen LogP contribution in [0.15, 0.2) is 36.4 Å². The topological polar surface area (TPSA) is 53.4 Å². The minimum atomic E-state index is -0.0616. The third kappa shape index (κ3) is 4.27. The number of hydrogen-bond donors (Lipinski definition) is 1. The van der Waals surface area contributed by atoms with E-state index in [1.165, 1.54) is 5.56 Å². The third-order valence-electron chi connectivity index (χ3n) is 4.80. The molecule has 134 valence electrons. The van der Waals surface area contributed by atoms with E-state index < -0.39 is 0 Å². The first-order valence-corrected chi connectivity index (χ1v) is 8.81. The highest BCUT2D eigenvalue weighted by molar-refractivity contribution is 5.92. The zero-order chi connectivity index (χ0) is 17.8. The van der Waals surface area contributed by atoms with E-state index >= 15 is 0 Å². The van der Waals surface area contributed by atoms with E-state index in [1.54, 1.807) is 11.7 Å². The fourth-order valence-corrected chi connectivity index (χ4v) is 3.44. The molecular formula is C19H27N5O. The van der Waals surface area contributed by atoms with Gasteiger partial charge in [0.2, 0.25) is 0 Å². The van der Waals surface area contributed by atoms with E-state index in [1.807, 2.05) is 13.0 Å². The Morgan fingerprint density at radius 3 is 2.68 bits per heavy atom. The van der Waals surface area contributed by atoms with Gasteiger partial charge < -0.3 is 10.2 Å². The fraction of sp³-hybridized carbons (Fsp3) is 0.474. The second kappa shape index (κ2) is 7.80. The smallest absolute Gasteiger partial charge is 0.269 e. The van der Waals surface area contributed by atoms with Gasteiger partial charge in [0.05, 0.1) is 5.69 Å². The number of likely N-dealkylation sites (N-methyl/N-ethyl adjacent to an activating group) is 1. The summed E-state index contributed by atoms with van der Waals surface area (Å²) in [6.45, 7) is 6.45. The van der Waals surface area contributed by atoms with Crippen molar-refractivity contribution >= 4 is 5.91 Å². The molecule has 0 bridgehead atoms. The molecule has 1 fully saturated rings. The molecule has 3 rings (SSSR count). The number of aromatic nitrogens is 2. The molecule has 1 aliphatic rings. The Kier molecular flexibility index (Phi) is 5.50. The molecule has 0 saturated carbocycles. The van der Waals surface area contributed by atoms with Crippen LogP contribution in [0.25, 0.3) is 0 Å². The lowest BCUT2D eigenvalue weighted by atomic mass is 10.0. The number of piperazine rings is 1. The summed E-state index contributed by atoms with van der Waals surface area (Å²) in [5, 5.41) is 7.26. The highest BCUT2D eigenvalue weighted by atomic mass is 16.2. The van der Waals surface area contributed by atoms with E-state index in [-0.39, 0.29) is 5.91 Å². The predicted octanol–water partition coefficient (Wildman–Crippen LogP) is 1.45. The number of carbonyl (C=O) groups is 1. The van der Waals surface area contributed by atoms with Gasteiger partial charge in [-0.05, 0) is 25.6 Å². The second-order valence-corrected chi connectivity index (χ2v) is 6.78. The molecule has 0 radical (unpaired) electrons. The SMILES string of the molecule is Cc1cc(C(=O)NCCN2CCN(C)C[C@@H]2c2ccccc2)n(C)n1. The molecule has 1 aliphatic heterocycles. The summed E-state index contributed by atoms with van der Waals surface area (Å²) >= 11 is 0. The van der Waals surface area contributed by atoms with E-state index in [9.17, 15) is 4.79 Å². The lowest BCUT2D eigenvalue weighted by Crippen LogP contribution is -2.49. The van der Waals surface area contributed by atoms with Crippen LogP contribution in [0.5, 0.6) is 0 Å². The van der Waals surface area contributed by atoms with Gasteiger partial charge in [0.1, 0.15) is 5.69 Å². The van der Waals surface area contributed by atoms with Crippen molar-refractivity contribution in [1.82, 2.24) is 24.9 Å². The van der Waals surface area contributed by atoms with Gasteiger partial charge in [-0.1, -0.05) is 30.3 Å². The fourth-order valence-electron chi connectivity index (χ4n) is 3.44. The monoisotopic (exact) mass is 341 g/mol. The predicted molar refractivity (Wildman–Crippen MR) is 98.5 cm³/mol. The van der Waals surface area contributed by atoms with E-state index in [4.69, 9.17) is 0 Å². The number of amides is 1. The number of nitrogens with zero attached hydrogens (tertiary/aromatic N) is 4. The van der Waals surface area contributed by atoms with Crippen LogP contribution in [-0.2, 0) is 7.05 Å². The van der Waals surface area contributed by atoms with Crippen LogP contribution in [0.2, 0.25) is 0 Å². The molecule has 1 atom stereocenters. The Labute approximate surface area is 149 Å². The Hall–Kier alpha value is -2.18. The maximum Gasteiger partial charge on any atom is 0.269 e. The minimum Gasteiger partial charge on any atom is -0.349 e. The van der Waals surface area contributed by atoms with E-state index in [0.29, 0.717) is 18.3 Å². The summed E-state index contributed by atoms with van der Waals surface area (Å²) in [4.78, 5) is 17.2. The molecule has 1 aromatic carbocycles. The first-order valence-electron chi connectivity index (χ1n) is 8.81. The Balaban J connectivity index is 1.59. The van der Waals surface area contributed by atoms with Gasteiger partial charge in [-0.15, -0.1) is 0 Å².